The van der Waals surface area contributed by atoms with Crippen molar-refractivity contribution in [3.63, 3.8) is 0 Å². The predicted molar refractivity (Wildman–Crippen MR) is 111 cm³/mol. The first-order chi connectivity index (χ1) is 12.3. The Labute approximate surface area is 156 Å². The molecule has 1 aromatic carbocycles. The molecule has 2 heterocycles. The summed E-state index contributed by atoms with van der Waals surface area (Å²) in [6, 6.07) is 7.03. The van der Waals surface area contributed by atoms with Crippen molar-refractivity contribution in [2.75, 3.05) is 5.32 Å². The third-order valence-corrected chi connectivity index (χ3v) is 5.22. The molecule has 0 saturated carbocycles. The Bertz CT molecular complexity index is 925. The van der Waals surface area contributed by atoms with Crippen molar-refractivity contribution < 1.29 is 4.42 Å². The van der Waals surface area contributed by atoms with Crippen LogP contribution in [0.25, 0.3) is 22.2 Å². The van der Waals surface area contributed by atoms with E-state index >= 15 is 0 Å². The highest BCUT2D eigenvalue weighted by atomic mass is 16.3. The van der Waals surface area contributed by atoms with Crippen LogP contribution in [0.1, 0.15) is 54.8 Å². The minimum Gasteiger partial charge on any atom is -0.458 e. The number of benzene rings is 1. The average Bonchev–Trinajstić information content (AvgIpc) is 2.88. The fraction of sp³-hybridized carbons (Fsp3) is 0.435. The van der Waals surface area contributed by atoms with Crippen molar-refractivity contribution in [2.45, 2.75) is 67.3 Å². The van der Waals surface area contributed by atoms with Crippen LogP contribution in [0, 0.1) is 34.6 Å². The molecular formula is C23H30N2O. The minimum absolute atomic E-state index is 0.459. The molecule has 0 fully saturated rings. The summed E-state index contributed by atoms with van der Waals surface area (Å²) in [5.41, 5.74) is 8.02. The lowest BCUT2D eigenvalue weighted by Crippen LogP contribution is -2.17. The summed E-state index contributed by atoms with van der Waals surface area (Å²) >= 11 is 0. The quantitative estimate of drug-likeness (QED) is 0.560. The fourth-order valence-electron chi connectivity index (χ4n) is 3.98. The SMILES string of the molecule is CCC(CC)Nc1cc(C)nc2c(-c3c(C)cc(C)cc3C)oc(C)c12. The van der Waals surface area contributed by atoms with Gasteiger partial charge in [-0.2, -0.15) is 0 Å². The predicted octanol–water partition coefficient (Wildman–Crippen LogP) is 6.64. The van der Waals surface area contributed by atoms with Crippen LogP contribution in [0.4, 0.5) is 5.69 Å². The van der Waals surface area contributed by atoms with Gasteiger partial charge in [0.25, 0.3) is 0 Å². The van der Waals surface area contributed by atoms with Crippen molar-refractivity contribution >= 4 is 16.6 Å². The van der Waals surface area contributed by atoms with E-state index < -0.39 is 0 Å². The van der Waals surface area contributed by atoms with E-state index in [1.165, 1.54) is 22.3 Å². The molecule has 3 aromatic rings. The van der Waals surface area contributed by atoms with Gasteiger partial charge in [-0.05, 0) is 64.7 Å². The number of furan rings is 1. The van der Waals surface area contributed by atoms with Crippen molar-refractivity contribution in [1.29, 1.82) is 0 Å². The third-order valence-electron chi connectivity index (χ3n) is 5.22. The summed E-state index contributed by atoms with van der Waals surface area (Å²) in [4.78, 5) is 4.86. The summed E-state index contributed by atoms with van der Waals surface area (Å²) in [7, 11) is 0. The average molecular weight is 351 g/mol. The Morgan fingerprint density at radius 1 is 0.962 bits per heavy atom. The number of aromatic nitrogens is 1. The molecule has 0 unspecified atom stereocenters. The van der Waals surface area contributed by atoms with Crippen LogP contribution < -0.4 is 5.32 Å². The zero-order valence-electron chi connectivity index (χ0n) is 17.1. The second-order valence-corrected chi connectivity index (χ2v) is 7.45. The Hall–Kier alpha value is -2.29. The highest BCUT2D eigenvalue weighted by Crippen LogP contribution is 2.40. The number of anilines is 1. The van der Waals surface area contributed by atoms with Gasteiger partial charge in [-0.1, -0.05) is 31.5 Å². The first kappa shape index (κ1) is 18.5. The highest BCUT2D eigenvalue weighted by molar-refractivity contribution is 6.01. The van der Waals surface area contributed by atoms with Crippen molar-refractivity contribution in [3.8, 4) is 11.3 Å². The normalized spacial score (nSPS) is 11.5. The van der Waals surface area contributed by atoms with E-state index in [0.29, 0.717) is 6.04 Å². The number of nitrogens with zero attached hydrogens (tertiary/aromatic N) is 1. The fourth-order valence-corrected chi connectivity index (χ4v) is 3.98. The van der Waals surface area contributed by atoms with Gasteiger partial charge in [-0.25, -0.2) is 4.98 Å². The molecule has 0 radical (unpaired) electrons. The van der Waals surface area contributed by atoms with E-state index in [2.05, 4.69) is 65.1 Å². The number of hydrogen-bond acceptors (Lipinski definition) is 3. The van der Waals surface area contributed by atoms with Crippen LogP contribution in [-0.2, 0) is 0 Å². The molecule has 0 amide bonds. The molecular weight excluding hydrogens is 320 g/mol. The third kappa shape index (κ3) is 3.23. The number of fused-ring (bicyclic) bond motifs is 1. The Morgan fingerprint density at radius 3 is 2.15 bits per heavy atom. The minimum atomic E-state index is 0.459. The van der Waals surface area contributed by atoms with Gasteiger partial charge in [0.1, 0.15) is 11.3 Å². The van der Waals surface area contributed by atoms with Gasteiger partial charge in [0.05, 0.1) is 5.39 Å². The second-order valence-electron chi connectivity index (χ2n) is 7.45. The van der Waals surface area contributed by atoms with E-state index in [1.807, 2.05) is 6.92 Å². The summed E-state index contributed by atoms with van der Waals surface area (Å²) in [6.07, 6.45) is 2.19. The van der Waals surface area contributed by atoms with Crippen LogP contribution in [0.3, 0.4) is 0 Å². The highest BCUT2D eigenvalue weighted by Gasteiger charge is 2.21. The first-order valence-electron chi connectivity index (χ1n) is 9.61. The maximum absolute atomic E-state index is 6.29. The van der Waals surface area contributed by atoms with Crippen LogP contribution >= 0.6 is 0 Å². The molecule has 0 aliphatic carbocycles. The van der Waals surface area contributed by atoms with Crippen molar-refractivity contribution in [2.24, 2.45) is 0 Å². The summed E-state index contributed by atoms with van der Waals surface area (Å²) in [6.45, 7) is 15.0. The maximum Gasteiger partial charge on any atom is 0.161 e. The lowest BCUT2D eigenvalue weighted by Gasteiger charge is -2.17. The molecule has 0 spiro atoms. The van der Waals surface area contributed by atoms with E-state index in [9.17, 15) is 0 Å². The largest absolute Gasteiger partial charge is 0.458 e. The van der Waals surface area contributed by atoms with Gasteiger partial charge in [0, 0.05) is 23.0 Å². The molecule has 0 aliphatic rings. The number of aryl methyl sites for hydroxylation is 5. The van der Waals surface area contributed by atoms with Gasteiger partial charge < -0.3 is 9.73 Å². The second kappa shape index (κ2) is 7.14. The number of pyridine rings is 1. The van der Waals surface area contributed by atoms with E-state index in [4.69, 9.17) is 9.40 Å². The van der Waals surface area contributed by atoms with E-state index in [0.717, 1.165) is 46.6 Å². The molecule has 3 nitrogen and oxygen atoms in total. The van der Waals surface area contributed by atoms with Gasteiger partial charge in [-0.15, -0.1) is 0 Å². The van der Waals surface area contributed by atoms with Crippen molar-refractivity contribution in [3.05, 3.63) is 46.3 Å². The smallest absolute Gasteiger partial charge is 0.161 e. The van der Waals surface area contributed by atoms with Gasteiger partial charge in [0.15, 0.2) is 5.76 Å². The molecule has 0 atom stereocenters. The number of rotatable bonds is 5. The molecule has 2 aromatic heterocycles. The molecule has 0 bridgehead atoms. The molecule has 3 rings (SSSR count). The van der Waals surface area contributed by atoms with Crippen LogP contribution in [-0.4, -0.2) is 11.0 Å². The summed E-state index contributed by atoms with van der Waals surface area (Å²) in [5.74, 6) is 1.82. The number of hydrogen-bond donors (Lipinski definition) is 1. The lowest BCUT2D eigenvalue weighted by atomic mass is 9.97. The van der Waals surface area contributed by atoms with Crippen LogP contribution in [0.15, 0.2) is 22.6 Å². The Kier molecular flexibility index (Phi) is 5.08. The van der Waals surface area contributed by atoms with E-state index in [-0.39, 0.29) is 0 Å². The zero-order chi connectivity index (χ0) is 19.0. The van der Waals surface area contributed by atoms with Gasteiger partial charge >= 0.3 is 0 Å². The summed E-state index contributed by atoms with van der Waals surface area (Å²) < 4.78 is 6.29. The van der Waals surface area contributed by atoms with Gasteiger partial charge in [0.2, 0.25) is 0 Å². The summed E-state index contributed by atoms with van der Waals surface area (Å²) in [5, 5.41) is 4.81. The monoisotopic (exact) mass is 350 g/mol. The number of nitrogens with one attached hydrogen (secondary N) is 1. The standard InChI is InChI=1S/C23H30N2O/c1-8-18(9-2)25-19-12-16(6)24-22-21(19)17(7)26-23(22)20-14(4)10-13(3)11-15(20)5/h10-12,18,25H,8-9H2,1-7H3. The molecule has 138 valence electrons. The molecule has 26 heavy (non-hydrogen) atoms. The van der Waals surface area contributed by atoms with Crippen LogP contribution in [0.2, 0.25) is 0 Å². The lowest BCUT2D eigenvalue weighted by molar-refractivity contribution is 0.552. The Balaban J connectivity index is 2.26. The molecule has 0 saturated heterocycles. The molecule has 3 heteroatoms. The first-order valence-corrected chi connectivity index (χ1v) is 9.61. The van der Waals surface area contributed by atoms with E-state index in [1.54, 1.807) is 0 Å². The van der Waals surface area contributed by atoms with Crippen molar-refractivity contribution in [1.82, 2.24) is 4.98 Å². The van der Waals surface area contributed by atoms with Gasteiger partial charge in [-0.3, -0.25) is 0 Å². The topological polar surface area (TPSA) is 38.1 Å². The Morgan fingerprint density at radius 2 is 1.58 bits per heavy atom. The maximum atomic E-state index is 6.29. The molecule has 0 aliphatic heterocycles. The molecule has 1 N–H and O–H groups in total. The van der Waals surface area contributed by atoms with Crippen LogP contribution in [0.5, 0.6) is 0 Å². The zero-order valence-corrected chi connectivity index (χ0v) is 17.1.